The number of rotatable bonds is 0. The summed E-state index contributed by atoms with van der Waals surface area (Å²) in [6, 6.07) is 14.7. The average Bonchev–Trinajstić information content (AvgIpc) is 2.36. The van der Waals surface area contributed by atoms with Gasteiger partial charge in [0.15, 0.2) is 0 Å². The number of benzene rings is 3. The third-order valence-electron chi connectivity index (χ3n) is 3.59. The Morgan fingerprint density at radius 3 is 1.88 bits per heavy atom. The van der Waals surface area contributed by atoms with Gasteiger partial charge < -0.3 is 5.73 Å². The normalized spacial score (nSPS) is 11.2. The van der Waals surface area contributed by atoms with Crippen LogP contribution < -0.4 is 5.73 Å². The van der Waals surface area contributed by atoms with Gasteiger partial charge in [-0.2, -0.15) is 0 Å². The maximum Gasteiger partial charge on any atom is 0.0320 e. The van der Waals surface area contributed by atoms with E-state index in [4.69, 9.17) is 5.73 Å². The predicted molar refractivity (Wildman–Crippen MR) is 75.3 cm³/mol. The molecule has 1 heteroatoms. The number of aryl methyl sites for hydroxylation is 2. The van der Waals surface area contributed by atoms with Gasteiger partial charge in [0.25, 0.3) is 0 Å². The lowest BCUT2D eigenvalue weighted by Gasteiger charge is -2.12. The number of anilines is 1. The Bertz CT molecular complexity index is 726. The molecule has 3 aromatic carbocycles. The van der Waals surface area contributed by atoms with Gasteiger partial charge in [0.2, 0.25) is 0 Å². The molecule has 1 nitrogen and oxygen atoms in total. The molecule has 0 saturated heterocycles. The summed E-state index contributed by atoms with van der Waals surface area (Å²) < 4.78 is 0. The van der Waals surface area contributed by atoms with Crippen molar-refractivity contribution in [2.75, 3.05) is 5.73 Å². The minimum atomic E-state index is 0.829. The Balaban J connectivity index is 2.63. The van der Waals surface area contributed by atoms with Gasteiger partial charge in [0.1, 0.15) is 0 Å². The van der Waals surface area contributed by atoms with Crippen molar-refractivity contribution in [2.45, 2.75) is 13.8 Å². The third kappa shape index (κ3) is 1.39. The van der Waals surface area contributed by atoms with Gasteiger partial charge in [-0.25, -0.2) is 0 Å². The topological polar surface area (TPSA) is 26.0 Å². The summed E-state index contributed by atoms with van der Waals surface area (Å²) in [5.74, 6) is 0. The quantitative estimate of drug-likeness (QED) is 0.447. The SMILES string of the molecule is Cc1c2ccccc2c(C)c2cc(N)ccc12. The summed E-state index contributed by atoms with van der Waals surface area (Å²) >= 11 is 0. The molecular formula is C16H15N. The van der Waals surface area contributed by atoms with Crippen LogP contribution in [0.5, 0.6) is 0 Å². The van der Waals surface area contributed by atoms with Gasteiger partial charge in [-0.05, 0) is 58.7 Å². The van der Waals surface area contributed by atoms with Gasteiger partial charge in [-0.15, -0.1) is 0 Å². The molecule has 0 spiro atoms. The van der Waals surface area contributed by atoms with Crippen molar-refractivity contribution < 1.29 is 0 Å². The van der Waals surface area contributed by atoms with Crippen LogP contribution in [-0.4, -0.2) is 0 Å². The van der Waals surface area contributed by atoms with Crippen molar-refractivity contribution in [3.63, 3.8) is 0 Å². The highest BCUT2D eigenvalue weighted by atomic mass is 14.5. The largest absolute Gasteiger partial charge is 0.399 e. The molecule has 0 bridgehead atoms. The lowest BCUT2D eigenvalue weighted by molar-refractivity contribution is 1.52. The molecule has 3 rings (SSSR count). The summed E-state index contributed by atoms with van der Waals surface area (Å²) in [6.45, 7) is 4.35. The molecule has 0 radical (unpaired) electrons. The van der Waals surface area contributed by atoms with E-state index in [2.05, 4.69) is 50.2 Å². The molecule has 17 heavy (non-hydrogen) atoms. The van der Waals surface area contributed by atoms with Crippen LogP contribution in [0.1, 0.15) is 11.1 Å². The maximum atomic E-state index is 5.89. The highest BCUT2D eigenvalue weighted by molar-refractivity contribution is 6.06. The van der Waals surface area contributed by atoms with Crippen LogP contribution in [-0.2, 0) is 0 Å². The molecule has 0 unspecified atom stereocenters. The van der Waals surface area contributed by atoms with Crippen molar-refractivity contribution in [3.8, 4) is 0 Å². The molecule has 0 aliphatic heterocycles. The lowest BCUT2D eigenvalue weighted by Crippen LogP contribution is -1.90. The van der Waals surface area contributed by atoms with E-state index in [9.17, 15) is 0 Å². The first-order valence-corrected chi connectivity index (χ1v) is 5.85. The van der Waals surface area contributed by atoms with Crippen molar-refractivity contribution in [3.05, 3.63) is 53.6 Å². The molecule has 0 atom stereocenters. The number of nitrogen functional groups attached to an aromatic ring is 1. The van der Waals surface area contributed by atoms with E-state index in [1.54, 1.807) is 0 Å². The van der Waals surface area contributed by atoms with Gasteiger partial charge in [-0.1, -0.05) is 30.3 Å². The first-order chi connectivity index (χ1) is 8.18. The van der Waals surface area contributed by atoms with Crippen molar-refractivity contribution in [1.82, 2.24) is 0 Å². The fourth-order valence-corrected chi connectivity index (χ4v) is 2.63. The Labute approximate surface area is 101 Å². The summed E-state index contributed by atoms with van der Waals surface area (Å²) in [7, 11) is 0. The first kappa shape index (κ1) is 10.2. The van der Waals surface area contributed by atoms with Crippen molar-refractivity contribution in [1.29, 1.82) is 0 Å². The fourth-order valence-electron chi connectivity index (χ4n) is 2.63. The van der Waals surface area contributed by atoms with Crippen LogP contribution in [0.2, 0.25) is 0 Å². The minimum Gasteiger partial charge on any atom is -0.399 e. The van der Waals surface area contributed by atoms with Gasteiger partial charge in [0, 0.05) is 5.69 Å². The van der Waals surface area contributed by atoms with Gasteiger partial charge in [0.05, 0.1) is 0 Å². The number of hydrogen-bond acceptors (Lipinski definition) is 1. The van der Waals surface area contributed by atoms with Gasteiger partial charge in [-0.3, -0.25) is 0 Å². The Morgan fingerprint density at radius 2 is 1.24 bits per heavy atom. The standard InChI is InChI=1S/C16H15N/c1-10-13-5-3-4-6-14(13)11(2)16-9-12(17)7-8-15(10)16/h3-9H,17H2,1-2H3. The zero-order valence-electron chi connectivity index (χ0n) is 10.1. The molecule has 0 aliphatic carbocycles. The third-order valence-corrected chi connectivity index (χ3v) is 3.59. The highest BCUT2D eigenvalue weighted by Crippen LogP contribution is 2.32. The molecular weight excluding hydrogens is 206 g/mol. The Morgan fingerprint density at radius 1 is 0.706 bits per heavy atom. The van der Waals surface area contributed by atoms with Crippen molar-refractivity contribution in [2.24, 2.45) is 0 Å². The highest BCUT2D eigenvalue weighted by Gasteiger charge is 2.07. The molecule has 0 fully saturated rings. The van der Waals surface area contributed by atoms with Crippen LogP contribution in [0.3, 0.4) is 0 Å². The fraction of sp³-hybridized carbons (Fsp3) is 0.125. The smallest absolute Gasteiger partial charge is 0.0320 e. The van der Waals surface area contributed by atoms with E-state index in [1.807, 2.05) is 6.07 Å². The van der Waals surface area contributed by atoms with E-state index in [0.717, 1.165) is 5.69 Å². The molecule has 2 N–H and O–H groups in total. The van der Waals surface area contributed by atoms with Crippen LogP contribution >= 0.6 is 0 Å². The summed E-state index contributed by atoms with van der Waals surface area (Å²) in [4.78, 5) is 0. The molecule has 84 valence electrons. The van der Waals surface area contributed by atoms with Crippen LogP contribution in [0.15, 0.2) is 42.5 Å². The summed E-state index contributed by atoms with van der Waals surface area (Å²) in [5.41, 5.74) is 9.36. The van der Waals surface area contributed by atoms with Gasteiger partial charge >= 0.3 is 0 Å². The Hall–Kier alpha value is -2.02. The minimum absolute atomic E-state index is 0.829. The van der Waals surface area contributed by atoms with E-state index in [0.29, 0.717) is 0 Å². The number of nitrogens with two attached hydrogens (primary N) is 1. The zero-order chi connectivity index (χ0) is 12.0. The van der Waals surface area contributed by atoms with E-state index < -0.39 is 0 Å². The molecule has 0 amide bonds. The molecule has 0 heterocycles. The zero-order valence-corrected chi connectivity index (χ0v) is 10.1. The Kier molecular flexibility index (Phi) is 2.08. The van der Waals surface area contributed by atoms with E-state index >= 15 is 0 Å². The predicted octanol–water partition coefficient (Wildman–Crippen LogP) is 4.19. The average molecular weight is 221 g/mol. The molecule has 0 aromatic heterocycles. The van der Waals surface area contributed by atoms with Crippen LogP contribution in [0.4, 0.5) is 5.69 Å². The van der Waals surface area contributed by atoms with Crippen molar-refractivity contribution >= 4 is 27.2 Å². The molecule has 0 saturated carbocycles. The van der Waals surface area contributed by atoms with Crippen LogP contribution in [0, 0.1) is 13.8 Å². The maximum absolute atomic E-state index is 5.89. The second kappa shape index (κ2) is 3.49. The monoisotopic (exact) mass is 221 g/mol. The number of hydrogen-bond donors (Lipinski definition) is 1. The lowest BCUT2D eigenvalue weighted by atomic mass is 9.93. The second-order valence-corrected chi connectivity index (χ2v) is 4.60. The second-order valence-electron chi connectivity index (χ2n) is 4.60. The molecule has 0 aliphatic rings. The van der Waals surface area contributed by atoms with Crippen LogP contribution in [0.25, 0.3) is 21.5 Å². The van der Waals surface area contributed by atoms with E-state index in [-0.39, 0.29) is 0 Å². The summed E-state index contributed by atoms with van der Waals surface area (Å²) in [5, 5.41) is 5.22. The molecule has 3 aromatic rings. The first-order valence-electron chi connectivity index (χ1n) is 5.85. The number of fused-ring (bicyclic) bond motifs is 2. The summed E-state index contributed by atoms with van der Waals surface area (Å²) in [6.07, 6.45) is 0. The van der Waals surface area contributed by atoms with E-state index in [1.165, 1.54) is 32.7 Å².